The van der Waals surface area contributed by atoms with Crippen molar-refractivity contribution >= 4 is 29.5 Å². The number of carbonyl (C=O) groups is 4. The first-order valence-corrected chi connectivity index (χ1v) is 13.6. The number of imide groups is 1. The molecule has 10 nitrogen and oxygen atoms in total. The van der Waals surface area contributed by atoms with Gasteiger partial charge in [0, 0.05) is 44.1 Å². The molecule has 3 aliphatic heterocycles. The molecule has 3 fully saturated rings. The van der Waals surface area contributed by atoms with Gasteiger partial charge in [0.15, 0.2) is 0 Å². The van der Waals surface area contributed by atoms with Crippen molar-refractivity contribution in [2.75, 3.05) is 44.7 Å². The minimum atomic E-state index is -0.514. The van der Waals surface area contributed by atoms with E-state index >= 15 is 0 Å². The number of carbonyl (C=O) groups excluding carboxylic acids is 4. The SMILES string of the molecule is COc1ccc(C(=O)N2CCC(N3CCC(CC(=O)OC(C)(C)C)CC3)CC2)cc1N1CCC(=O)NC1=O. The van der Waals surface area contributed by atoms with Gasteiger partial charge >= 0.3 is 12.0 Å². The number of rotatable bonds is 6. The van der Waals surface area contributed by atoms with Gasteiger partial charge in [0.25, 0.3) is 5.91 Å². The van der Waals surface area contributed by atoms with Crippen LogP contribution in [-0.4, -0.2) is 85.1 Å². The lowest BCUT2D eigenvalue weighted by molar-refractivity contribution is -0.156. The first-order chi connectivity index (χ1) is 18.0. The van der Waals surface area contributed by atoms with Gasteiger partial charge < -0.3 is 19.3 Å². The van der Waals surface area contributed by atoms with Gasteiger partial charge in [0.05, 0.1) is 12.8 Å². The second-order valence-corrected chi connectivity index (χ2v) is 11.4. The first-order valence-electron chi connectivity index (χ1n) is 13.6. The van der Waals surface area contributed by atoms with E-state index < -0.39 is 11.6 Å². The van der Waals surface area contributed by atoms with Crippen molar-refractivity contribution in [1.29, 1.82) is 0 Å². The zero-order valence-electron chi connectivity index (χ0n) is 23.0. The Morgan fingerprint density at radius 2 is 1.68 bits per heavy atom. The summed E-state index contributed by atoms with van der Waals surface area (Å²) in [6.07, 6.45) is 4.46. The highest BCUT2D eigenvalue weighted by Crippen LogP contribution is 2.32. The fourth-order valence-corrected chi connectivity index (χ4v) is 5.59. The summed E-state index contributed by atoms with van der Waals surface area (Å²) in [5.41, 5.74) is 0.526. The zero-order chi connectivity index (χ0) is 27.4. The molecule has 4 amide bonds. The molecule has 10 heteroatoms. The molecule has 1 aromatic rings. The standard InChI is InChI=1S/C28H40N4O6/c1-28(2,3)38-25(34)17-19-7-12-30(13-8-19)21-9-14-31(15-10-21)26(35)20-5-6-23(37-4)22(18-20)32-16-11-24(33)29-27(32)36/h5-6,18-19,21H,7-17H2,1-4H3,(H,29,33,36). The summed E-state index contributed by atoms with van der Waals surface area (Å²) in [6.45, 7) is 9.20. The van der Waals surface area contributed by atoms with E-state index in [-0.39, 0.29) is 30.7 Å². The van der Waals surface area contributed by atoms with Crippen molar-refractivity contribution in [3.05, 3.63) is 23.8 Å². The van der Waals surface area contributed by atoms with Gasteiger partial charge in [-0.15, -0.1) is 0 Å². The Hall–Kier alpha value is -3.14. The number of methoxy groups -OCH3 is 1. The third-order valence-electron chi connectivity index (χ3n) is 7.56. The molecule has 3 aliphatic rings. The smallest absolute Gasteiger partial charge is 0.328 e. The van der Waals surface area contributed by atoms with Crippen molar-refractivity contribution in [2.45, 2.75) is 70.9 Å². The van der Waals surface area contributed by atoms with Crippen LogP contribution in [0.2, 0.25) is 0 Å². The second-order valence-electron chi connectivity index (χ2n) is 11.4. The van der Waals surface area contributed by atoms with Crippen molar-refractivity contribution in [3.8, 4) is 5.75 Å². The summed E-state index contributed by atoms with van der Waals surface area (Å²) in [7, 11) is 1.51. The maximum absolute atomic E-state index is 13.4. The first kappa shape index (κ1) is 27.9. The van der Waals surface area contributed by atoms with Crippen LogP contribution in [-0.2, 0) is 14.3 Å². The number of piperidine rings is 2. The Bertz CT molecular complexity index is 1050. The van der Waals surface area contributed by atoms with Gasteiger partial charge in [0.2, 0.25) is 5.91 Å². The molecule has 0 saturated carbocycles. The summed E-state index contributed by atoms with van der Waals surface area (Å²) < 4.78 is 10.9. The molecule has 0 atom stereocenters. The van der Waals surface area contributed by atoms with Crippen molar-refractivity contribution in [1.82, 2.24) is 15.1 Å². The van der Waals surface area contributed by atoms with E-state index in [0.717, 1.165) is 38.8 Å². The fourth-order valence-electron chi connectivity index (χ4n) is 5.59. The van der Waals surface area contributed by atoms with Gasteiger partial charge in [-0.2, -0.15) is 0 Å². The van der Waals surface area contributed by atoms with Crippen LogP contribution in [0.3, 0.4) is 0 Å². The average Bonchev–Trinajstić information content (AvgIpc) is 2.87. The quantitative estimate of drug-likeness (QED) is 0.565. The van der Waals surface area contributed by atoms with Gasteiger partial charge in [-0.25, -0.2) is 4.79 Å². The molecule has 38 heavy (non-hydrogen) atoms. The number of hydrogen-bond acceptors (Lipinski definition) is 7. The summed E-state index contributed by atoms with van der Waals surface area (Å²) in [6, 6.07) is 5.01. The molecule has 0 unspecified atom stereocenters. The van der Waals surface area contributed by atoms with Crippen LogP contribution in [0.4, 0.5) is 10.5 Å². The van der Waals surface area contributed by atoms with E-state index in [9.17, 15) is 19.2 Å². The lowest BCUT2D eigenvalue weighted by atomic mass is 9.91. The molecule has 1 N–H and O–H groups in total. The number of nitrogens with zero attached hydrogens (tertiary/aromatic N) is 3. The van der Waals surface area contributed by atoms with Crippen LogP contribution in [0.1, 0.15) is 69.7 Å². The molecule has 1 aromatic carbocycles. The molecule has 208 valence electrons. The number of amides is 4. The Kier molecular flexibility index (Phi) is 8.60. The van der Waals surface area contributed by atoms with Crippen LogP contribution in [0.5, 0.6) is 5.75 Å². The number of hydrogen-bond donors (Lipinski definition) is 1. The number of anilines is 1. The maximum atomic E-state index is 13.4. The largest absolute Gasteiger partial charge is 0.495 e. The Morgan fingerprint density at radius 1 is 1.00 bits per heavy atom. The molecule has 4 rings (SSSR count). The Morgan fingerprint density at radius 3 is 2.29 bits per heavy atom. The molecule has 0 aliphatic carbocycles. The van der Waals surface area contributed by atoms with E-state index in [1.54, 1.807) is 18.2 Å². The van der Waals surface area contributed by atoms with Crippen LogP contribution < -0.4 is 15.0 Å². The fraction of sp³-hybridized carbons (Fsp3) is 0.643. The third-order valence-corrected chi connectivity index (χ3v) is 7.56. The molecule has 0 radical (unpaired) electrons. The predicted octanol–water partition coefficient (Wildman–Crippen LogP) is 3.19. The molecule has 3 saturated heterocycles. The van der Waals surface area contributed by atoms with Gasteiger partial charge in [-0.05, 0) is 83.7 Å². The number of urea groups is 1. The summed E-state index contributed by atoms with van der Waals surface area (Å²) in [5.74, 6) is 0.343. The van der Waals surface area contributed by atoms with E-state index in [4.69, 9.17) is 9.47 Å². The number of esters is 1. The zero-order valence-corrected chi connectivity index (χ0v) is 23.0. The van der Waals surface area contributed by atoms with Crippen LogP contribution in [0, 0.1) is 5.92 Å². The molecular weight excluding hydrogens is 488 g/mol. The van der Waals surface area contributed by atoms with E-state index in [1.165, 1.54) is 12.0 Å². The average molecular weight is 529 g/mol. The summed E-state index contributed by atoms with van der Waals surface area (Å²) >= 11 is 0. The normalized spacial score (nSPS) is 20.3. The maximum Gasteiger partial charge on any atom is 0.328 e. The van der Waals surface area contributed by atoms with E-state index in [0.29, 0.717) is 48.5 Å². The Labute approximate surface area is 224 Å². The van der Waals surface area contributed by atoms with Gasteiger partial charge in [-0.3, -0.25) is 24.6 Å². The van der Waals surface area contributed by atoms with Crippen LogP contribution >= 0.6 is 0 Å². The van der Waals surface area contributed by atoms with E-state index in [2.05, 4.69) is 10.2 Å². The van der Waals surface area contributed by atoms with Gasteiger partial charge in [0.1, 0.15) is 11.4 Å². The molecule has 0 bridgehead atoms. The highest BCUT2D eigenvalue weighted by atomic mass is 16.6. The monoisotopic (exact) mass is 528 g/mol. The lowest BCUT2D eigenvalue weighted by Crippen LogP contribution is -2.50. The molecule has 0 spiro atoms. The minimum Gasteiger partial charge on any atom is -0.495 e. The van der Waals surface area contributed by atoms with Crippen LogP contribution in [0.25, 0.3) is 0 Å². The van der Waals surface area contributed by atoms with Crippen molar-refractivity contribution in [2.24, 2.45) is 5.92 Å². The third kappa shape index (κ3) is 6.83. The number of benzene rings is 1. The minimum absolute atomic E-state index is 0.0723. The Balaban J connectivity index is 1.30. The highest BCUT2D eigenvalue weighted by molar-refractivity contribution is 6.07. The van der Waals surface area contributed by atoms with Gasteiger partial charge in [-0.1, -0.05) is 0 Å². The molecule has 0 aromatic heterocycles. The number of nitrogens with one attached hydrogen (secondary N) is 1. The predicted molar refractivity (Wildman–Crippen MR) is 142 cm³/mol. The van der Waals surface area contributed by atoms with Crippen molar-refractivity contribution in [3.63, 3.8) is 0 Å². The lowest BCUT2D eigenvalue weighted by Gasteiger charge is -2.41. The van der Waals surface area contributed by atoms with Crippen LogP contribution in [0.15, 0.2) is 18.2 Å². The topological polar surface area (TPSA) is 108 Å². The molecular formula is C28H40N4O6. The summed E-state index contributed by atoms with van der Waals surface area (Å²) in [5, 5.41) is 2.32. The number of likely N-dealkylation sites (tertiary alicyclic amines) is 2. The highest BCUT2D eigenvalue weighted by Gasteiger charge is 2.32. The van der Waals surface area contributed by atoms with E-state index in [1.807, 2.05) is 25.7 Å². The number of ether oxygens (including phenoxy) is 2. The summed E-state index contributed by atoms with van der Waals surface area (Å²) in [4.78, 5) is 55.3. The van der Waals surface area contributed by atoms with Crippen molar-refractivity contribution < 1.29 is 28.7 Å². The molecule has 3 heterocycles. The second kappa shape index (κ2) is 11.7.